The summed E-state index contributed by atoms with van der Waals surface area (Å²) in [5.74, 6) is -0.0622. The maximum Gasteiger partial charge on any atom is 0.292 e. The number of benzene rings is 1. The van der Waals surface area contributed by atoms with Gasteiger partial charge in [0.1, 0.15) is 5.02 Å². The Kier molecular flexibility index (Phi) is 6.53. The first-order chi connectivity index (χ1) is 15.8. The normalized spacial score (nSPS) is 15.5. The fourth-order valence-corrected chi connectivity index (χ4v) is 4.34. The molecule has 1 fully saturated rings. The van der Waals surface area contributed by atoms with Crippen molar-refractivity contribution in [3.63, 3.8) is 0 Å². The molecule has 1 aromatic carbocycles. The molecule has 9 nitrogen and oxygen atoms in total. The number of rotatable bonds is 5. The average Bonchev–Trinajstić information content (AvgIpc) is 3.07. The Morgan fingerprint density at radius 2 is 1.79 bits per heavy atom. The first kappa shape index (κ1) is 23.0. The fourth-order valence-electron chi connectivity index (χ4n) is 4.10. The molecule has 0 bridgehead atoms. The van der Waals surface area contributed by atoms with Crippen LogP contribution in [0.4, 0.5) is 11.4 Å². The third-order valence-electron chi connectivity index (χ3n) is 6.24. The summed E-state index contributed by atoms with van der Waals surface area (Å²) in [6.07, 6.45) is 1.64. The number of carbonyl (C=O) groups excluding carboxylic acids is 1. The van der Waals surface area contributed by atoms with Crippen LogP contribution in [0.15, 0.2) is 41.3 Å². The zero-order chi connectivity index (χ0) is 23.7. The van der Waals surface area contributed by atoms with E-state index >= 15 is 0 Å². The van der Waals surface area contributed by atoms with Crippen molar-refractivity contribution in [1.82, 2.24) is 24.5 Å². The quantitative estimate of drug-likeness (QED) is 0.617. The lowest BCUT2D eigenvalue weighted by Gasteiger charge is -2.38. The van der Waals surface area contributed by atoms with E-state index in [9.17, 15) is 9.59 Å². The van der Waals surface area contributed by atoms with Crippen molar-refractivity contribution < 1.29 is 4.79 Å². The number of carbonyl (C=O) groups is 1. The van der Waals surface area contributed by atoms with Gasteiger partial charge >= 0.3 is 0 Å². The van der Waals surface area contributed by atoms with Crippen LogP contribution in [0.3, 0.4) is 0 Å². The minimum atomic E-state index is -0.349. The summed E-state index contributed by atoms with van der Waals surface area (Å²) in [7, 11) is 1.86. The summed E-state index contributed by atoms with van der Waals surface area (Å²) >= 11 is 6.45. The van der Waals surface area contributed by atoms with Gasteiger partial charge in [-0.2, -0.15) is 14.9 Å². The maximum atomic E-state index is 12.9. The topological polar surface area (TPSA) is 88.3 Å². The first-order valence-corrected chi connectivity index (χ1v) is 11.3. The molecule has 174 valence electrons. The smallest absolute Gasteiger partial charge is 0.292 e. The van der Waals surface area contributed by atoms with E-state index in [2.05, 4.69) is 20.4 Å². The predicted octanol–water partition coefficient (Wildman–Crippen LogP) is 2.39. The Labute approximate surface area is 197 Å². The number of nitrogens with one attached hydrogen (secondary N) is 1. The predicted molar refractivity (Wildman–Crippen MR) is 129 cm³/mol. The molecule has 1 aliphatic heterocycles. The molecule has 1 atom stereocenters. The number of anilines is 2. The molecule has 0 aliphatic carbocycles. The Bertz CT molecular complexity index is 1210. The van der Waals surface area contributed by atoms with Crippen LogP contribution in [-0.2, 0) is 11.8 Å². The second-order valence-corrected chi connectivity index (χ2v) is 8.63. The molecule has 4 rings (SSSR count). The van der Waals surface area contributed by atoms with E-state index in [1.165, 1.54) is 4.68 Å². The molecule has 1 N–H and O–H groups in total. The summed E-state index contributed by atoms with van der Waals surface area (Å²) in [4.78, 5) is 29.8. The molecule has 3 heterocycles. The SMILES string of the molecule is Cc1nn(C)c(C)c1NC(=O)[C@H](C)N1CCN(c2cnn(-c3ccccc3)c(=O)c2Cl)CC1. The van der Waals surface area contributed by atoms with Crippen molar-refractivity contribution in [1.29, 1.82) is 0 Å². The molecule has 1 saturated heterocycles. The number of aromatic nitrogens is 4. The number of aryl methyl sites for hydroxylation is 2. The summed E-state index contributed by atoms with van der Waals surface area (Å²) < 4.78 is 3.06. The van der Waals surface area contributed by atoms with Gasteiger partial charge in [-0.05, 0) is 32.9 Å². The average molecular weight is 470 g/mol. The van der Waals surface area contributed by atoms with Gasteiger partial charge in [-0.15, -0.1) is 0 Å². The van der Waals surface area contributed by atoms with Crippen LogP contribution < -0.4 is 15.8 Å². The van der Waals surface area contributed by atoms with Gasteiger partial charge in [0.15, 0.2) is 0 Å². The van der Waals surface area contributed by atoms with Crippen molar-refractivity contribution in [2.24, 2.45) is 7.05 Å². The van der Waals surface area contributed by atoms with Gasteiger partial charge < -0.3 is 10.2 Å². The summed E-state index contributed by atoms with van der Waals surface area (Å²) in [5, 5.41) is 11.9. The lowest BCUT2D eigenvalue weighted by Crippen LogP contribution is -2.53. The monoisotopic (exact) mass is 469 g/mol. The van der Waals surface area contributed by atoms with E-state index in [4.69, 9.17) is 11.6 Å². The molecule has 0 saturated carbocycles. The maximum absolute atomic E-state index is 12.9. The second kappa shape index (κ2) is 9.36. The second-order valence-electron chi connectivity index (χ2n) is 8.25. The largest absolute Gasteiger partial charge is 0.366 e. The number of para-hydroxylation sites is 1. The molecule has 10 heteroatoms. The van der Waals surface area contributed by atoms with Crippen molar-refractivity contribution in [2.45, 2.75) is 26.8 Å². The highest BCUT2D eigenvalue weighted by molar-refractivity contribution is 6.33. The van der Waals surface area contributed by atoms with E-state index < -0.39 is 0 Å². The number of hydrogen-bond acceptors (Lipinski definition) is 6. The minimum absolute atomic E-state index is 0.0622. The molecular weight excluding hydrogens is 442 g/mol. The van der Waals surface area contributed by atoms with Gasteiger partial charge in [-0.25, -0.2) is 0 Å². The standard InChI is InChI=1S/C23H28ClN7O2/c1-15-21(16(2)28(4)27-15)26-22(32)17(3)29-10-12-30(13-11-29)19-14-25-31(23(33)20(19)24)18-8-6-5-7-9-18/h5-9,14,17H,10-13H2,1-4H3,(H,26,32)/t17-/m0/s1. The Morgan fingerprint density at radius 3 is 2.39 bits per heavy atom. The Morgan fingerprint density at radius 1 is 1.12 bits per heavy atom. The number of amides is 1. The Balaban J connectivity index is 1.42. The summed E-state index contributed by atoms with van der Waals surface area (Å²) in [6, 6.07) is 8.89. The number of piperazine rings is 1. The van der Waals surface area contributed by atoms with E-state index in [0.717, 1.165) is 17.1 Å². The molecule has 2 aromatic heterocycles. The van der Waals surface area contributed by atoms with Crippen LogP contribution in [0.5, 0.6) is 0 Å². The zero-order valence-corrected chi connectivity index (χ0v) is 20.0. The first-order valence-electron chi connectivity index (χ1n) is 10.9. The van der Waals surface area contributed by atoms with E-state index in [0.29, 0.717) is 37.6 Å². The summed E-state index contributed by atoms with van der Waals surface area (Å²) in [6.45, 7) is 8.33. The highest BCUT2D eigenvalue weighted by Crippen LogP contribution is 2.24. The minimum Gasteiger partial charge on any atom is -0.366 e. The van der Waals surface area contributed by atoms with Crippen LogP contribution in [0.1, 0.15) is 18.3 Å². The van der Waals surface area contributed by atoms with Gasteiger partial charge in [-0.3, -0.25) is 19.2 Å². The van der Waals surface area contributed by atoms with Gasteiger partial charge in [0.2, 0.25) is 5.91 Å². The molecule has 0 unspecified atom stereocenters. The highest BCUT2D eigenvalue weighted by Gasteiger charge is 2.28. The van der Waals surface area contributed by atoms with Crippen LogP contribution >= 0.6 is 11.6 Å². The van der Waals surface area contributed by atoms with E-state index in [-0.39, 0.29) is 22.5 Å². The number of hydrogen-bond donors (Lipinski definition) is 1. The number of nitrogens with zero attached hydrogens (tertiary/aromatic N) is 6. The van der Waals surface area contributed by atoms with Crippen LogP contribution in [-0.4, -0.2) is 62.6 Å². The van der Waals surface area contributed by atoms with Crippen molar-refractivity contribution in [2.75, 3.05) is 36.4 Å². The number of halogens is 1. The van der Waals surface area contributed by atoms with E-state index in [1.807, 2.05) is 63.1 Å². The summed E-state index contributed by atoms with van der Waals surface area (Å²) in [5.41, 5.74) is 3.42. The molecule has 1 aliphatic rings. The van der Waals surface area contributed by atoms with Gasteiger partial charge in [0.25, 0.3) is 5.56 Å². The fraction of sp³-hybridized carbons (Fsp3) is 0.391. The van der Waals surface area contributed by atoms with Gasteiger partial charge in [0.05, 0.1) is 40.7 Å². The molecule has 1 amide bonds. The molecular formula is C23H28ClN7O2. The zero-order valence-electron chi connectivity index (χ0n) is 19.2. The van der Waals surface area contributed by atoms with Gasteiger partial charge in [0, 0.05) is 33.2 Å². The Hall–Kier alpha value is -3.17. The van der Waals surface area contributed by atoms with Crippen LogP contribution in [0.2, 0.25) is 5.02 Å². The van der Waals surface area contributed by atoms with Crippen molar-refractivity contribution in [3.05, 3.63) is 63.3 Å². The molecule has 0 spiro atoms. The third-order valence-corrected chi connectivity index (χ3v) is 6.60. The molecule has 3 aromatic rings. The van der Waals surface area contributed by atoms with E-state index in [1.54, 1.807) is 10.9 Å². The third kappa shape index (κ3) is 4.51. The van der Waals surface area contributed by atoms with Crippen molar-refractivity contribution >= 4 is 28.9 Å². The highest BCUT2D eigenvalue weighted by atomic mass is 35.5. The lowest BCUT2D eigenvalue weighted by molar-refractivity contribution is -0.120. The van der Waals surface area contributed by atoms with Gasteiger partial charge in [-0.1, -0.05) is 29.8 Å². The van der Waals surface area contributed by atoms with Crippen LogP contribution in [0.25, 0.3) is 5.69 Å². The molecule has 33 heavy (non-hydrogen) atoms. The molecule has 0 radical (unpaired) electrons. The lowest BCUT2D eigenvalue weighted by atomic mass is 10.2. The van der Waals surface area contributed by atoms with Crippen LogP contribution in [0, 0.1) is 13.8 Å². The van der Waals surface area contributed by atoms with Crippen molar-refractivity contribution in [3.8, 4) is 5.69 Å².